The molecule has 0 aliphatic heterocycles. The Morgan fingerprint density at radius 1 is 1.25 bits per heavy atom. The highest BCUT2D eigenvalue weighted by Gasteiger charge is 2.10. The molecule has 1 heterocycles. The number of fused-ring (bicyclic) bond motifs is 1. The zero-order valence-corrected chi connectivity index (χ0v) is 11.5. The van der Waals surface area contributed by atoms with Gasteiger partial charge < -0.3 is 15.8 Å². The molecular formula is C14H12FN3OS. The third-order valence-corrected chi connectivity index (χ3v) is 3.77. The van der Waals surface area contributed by atoms with E-state index in [9.17, 15) is 4.39 Å². The minimum Gasteiger partial charge on any atom is -0.494 e. The van der Waals surface area contributed by atoms with Crippen LogP contribution in [-0.2, 0) is 0 Å². The van der Waals surface area contributed by atoms with E-state index in [-0.39, 0.29) is 5.82 Å². The van der Waals surface area contributed by atoms with Crippen LogP contribution in [0.25, 0.3) is 10.2 Å². The monoisotopic (exact) mass is 289 g/mol. The summed E-state index contributed by atoms with van der Waals surface area (Å²) in [7, 11) is 1.49. The number of nitrogen functional groups attached to an aromatic ring is 1. The van der Waals surface area contributed by atoms with Gasteiger partial charge in [0, 0.05) is 6.07 Å². The number of thiazole rings is 1. The number of aromatic nitrogens is 1. The highest BCUT2D eigenvalue weighted by Crippen LogP contribution is 2.34. The molecule has 0 bridgehead atoms. The smallest absolute Gasteiger partial charge is 0.145 e. The van der Waals surface area contributed by atoms with Gasteiger partial charge in [0.2, 0.25) is 0 Å². The van der Waals surface area contributed by atoms with Crippen LogP contribution < -0.4 is 15.8 Å². The quantitative estimate of drug-likeness (QED) is 0.721. The molecule has 0 saturated carbocycles. The Bertz CT molecular complexity index is 772. The van der Waals surface area contributed by atoms with E-state index in [0.29, 0.717) is 22.8 Å². The normalized spacial score (nSPS) is 10.7. The van der Waals surface area contributed by atoms with E-state index in [1.165, 1.54) is 30.6 Å². The predicted octanol–water partition coefficient (Wildman–Crippen LogP) is 3.77. The number of nitrogens with two attached hydrogens (primary N) is 1. The van der Waals surface area contributed by atoms with E-state index < -0.39 is 0 Å². The highest BCUT2D eigenvalue weighted by molar-refractivity contribution is 7.16. The summed E-state index contributed by atoms with van der Waals surface area (Å²) in [6, 6.07) is 8.11. The average molecular weight is 289 g/mol. The Balaban J connectivity index is 2.02. The van der Waals surface area contributed by atoms with Gasteiger partial charge in [0.1, 0.15) is 17.1 Å². The molecule has 0 saturated heterocycles. The van der Waals surface area contributed by atoms with Gasteiger partial charge in [0.25, 0.3) is 0 Å². The van der Waals surface area contributed by atoms with Crippen molar-refractivity contribution in [3.05, 3.63) is 41.7 Å². The summed E-state index contributed by atoms with van der Waals surface area (Å²) in [5, 5.41) is 3.15. The summed E-state index contributed by atoms with van der Waals surface area (Å²) in [6.45, 7) is 0. The predicted molar refractivity (Wildman–Crippen MR) is 80.3 cm³/mol. The van der Waals surface area contributed by atoms with Crippen molar-refractivity contribution in [3.63, 3.8) is 0 Å². The number of methoxy groups -OCH3 is 1. The number of hydrogen-bond donors (Lipinski definition) is 2. The van der Waals surface area contributed by atoms with Crippen LogP contribution in [0.1, 0.15) is 0 Å². The van der Waals surface area contributed by atoms with Gasteiger partial charge in [-0.25, -0.2) is 9.37 Å². The van der Waals surface area contributed by atoms with Crippen LogP contribution in [0.5, 0.6) is 5.75 Å². The number of nitrogens with zero attached hydrogens (tertiary/aromatic N) is 1. The number of ether oxygens (including phenoxy) is 1. The molecule has 0 unspecified atom stereocenters. The first-order chi connectivity index (χ1) is 9.69. The van der Waals surface area contributed by atoms with Crippen molar-refractivity contribution >= 4 is 38.6 Å². The fourth-order valence-electron chi connectivity index (χ4n) is 1.97. The number of hydrogen-bond acceptors (Lipinski definition) is 5. The van der Waals surface area contributed by atoms with Crippen LogP contribution in [0.3, 0.4) is 0 Å². The van der Waals surface area contributed by atoms with E-state index in [1.807, 2.05) is 12.1 Å². The highest BCUT2D eigenvalue weighted by atomic mass is 32.1. The lowest BCUT2D eigenvalue weighted by Crippen LogP contribution is -1.99. The summed E-state index contributed by atoms with van der Waals surface area (Å²) in [6.07, 6.45) is 0. The first-order valence-corrected chi connectivity index (χ1v) is 6.79. The van der Waals surface area contributed by atoms with Gasteiger partial charge >= 0.3 is 0 Å². The zero-order valence-electron chi connectivity index (χ0n) is 10.7. The molecule has 0 radical (unpaired) electrons. The van der Waals surface area contributed by atoms with Crippen LogP contribution in [0, 0.1) is 5.82 Å². The fraction of sp³-hybridized carbons (Fsp3) is 0.0714. The fourth-order valence-corrected chi connectivity index (χ4v) is 2.67. The van der Waals surface area contributed by atoms with E-state index in [2.05, 4.69) is 10.3 Å². The molecule has 0 amide bonds. The van der Waals surface area contributed by atoms with Crippen molar-refractivity contribution in [2.75, 3.05) is 18.2 Å². The van der Waals surface area contributed by atoms with E-state index in [4.69, 9.17) is 10.5 Å². The molecule has 3 aromatic rings. The Labute approximate surface area is 119 Å². The van der Waals surface area contributed by atoms with Gasteiger partial charge in [-0.2, -0.15) is 0 Å². The molecule has 102 valence electrons. The maximum absolute atomic E-state index is 13.2. The lowest BCUT2D eigenvalue weighted by atomic mass is 10.2. The van der Waals surface area contributed by atoms with E-state index in [0.717, 1.165) is 10.2 Å². The van der Waals surface area contributed by atoms with Crippen molar-refractivity contribution in [2.24, 2.45) is 0 Å². The zero-order chi connectivity index (χ0) is 14.1. The molecule has 0 fully saturated rings. The SMILES string of the molecule is COc1cc(F)ccc1Nc1ccc2scnc2c1N. The number of benzene rings is 2. The molecule has 20 heavy (non-hydrogen) atoms. The molecule has 6 heteroatoms. The lowest BCUT2D eigenvalue weighted by molar-refractivity contribution is 0.413. The van der Waals surface area contributed by atoms with Crippen LogP contribution >= 0.6 is 11.3 Å². The first-order valence-electron chi connectivity index (χ1n) is 5.91. The topological polar surface area (TPSA) is 60.2 Å². The van der Waals surface area contributed by atoms with Gasteiger partial charge in [0.05, 0.1) is 34.4 Å². The largest absolute Gasteiger partial charge is 0.494 e. The summed E-state index contributed by atoms with van der Waals surface area (Å²) in [4.78, 5) is 4.24. The summed E-state index contributed by atoms with van der Waals surface area (Å²) < 4.78 is 19.4. The Morgan fingerprint density at radius 3 is 2.85 bits per heavy atom. The number of rotatable bonds is 3. The molecule has 0 atom stereocenters. The third-order valence-electron chi connectivity index (χ3n) is 2.97. The van der Waals surface area contributed by atoms with Crippen molar-refractivity contribution in [2.45, 2.75) is 0 Å². The summed E-state index contributed by atoms with van der Waals surface area (Å²) in [5.41, 5.74) is 10.5. The molecule has 0 aliphatic rings. The van der Waals surface area contributed by atoms with E-state index >= 15 is 0 Å². The standard InChI is InChI=1S/C14H12FN3OS/c1-19-11-6-8(15)2-3-9(11)18-10-4-5-12-14(13(10)16)17-7-20-12/h2-7,18H,16H2,1H3. The number of nitrogens with one attached hydrogen (secondary N) is 1. The second-order valence-electron chi connectivity index (χ2n) is 4.20. The molecular weight excluding hydrogens is 277 g/mol. The maximum Gasteiger partial charge on any atom is 0.145 e. The maximum atomic E-state index is 13.2. The van der Waals surface area contributed by atoms with Crippen molar-refractivity contribution in [1.29, 1.82) is 0 Å². The lowest BCUT2D eigenvalue weighted by Gasteiger charge is -2.13. The molecule has 3 N–H and O–H groups in total. The second kappa shape index (κ2) is 4.97. The van der Waals surface area contributed by atoms with Crippen LogP contribution in [0.4, 0.5) is 21.5 Å². The summed E-state index contributed by atoms with van der Waals surface area (Å²) in [5.74, 6) is 0.0677. The van der Waals surface area contributed by atoms with Crippen molar-refractivity contribution in [3.8, 4) is 5.75 Å². The van der Waals surface area contributed by atoms with Gasteiger partial charge in [-0.1, -0.05) is 0 Å². The van der Waals surface area contributed by atoms with Gasteiger partial charge in [-0.3, -0.25) is 0 Å². The van der Waals surface area contributed by atoms with Gasteiger partial charge in [-0.15, -0.1) is 11.3 Å². The first kappa shape index (κ1) is 12.7. The second-order valence-corrected chi connectivity index (χ2v) is 5.08. The Kier molecular flexibility index (Phi) is 3.15. The molecule has 1 aromatic heterocycles. The Morgan fingerprint density at radius 2 is 2.05 bits per heavy atom. The van der Waals surface area contributed by atoms with Gasteiger partial charge in [0.15, 0.2) is 0 Å². The van der Waals surface area contributed by atoms with Crippen molar-refractivity contribution < 1.29 is 9.13 Å². The van der Waals surface area contributed by atoms with Crippen LogP contribution in [0.2, 0.25) is 0 Å². The van der Waals surface area contributed by atoms with Crippen LogP contribution in [0.15, 0.2) is 35.8 Å². The number of anilines is 3. The average Bonchev–Trinajstić information content (AvgIpc) is 2.93. The third kappa shape index (κ3) is 2.14. The minimum absolute atomic E-state index is 0.352. The Hall–Kier alpha value is -2.34. The molecule has 3 rings (SSSR count). The molecule has 0 spiro atoms. The molecule has 4 nitrogen and oxygen atoms in total. The molecule has 2 aromatic carbocycles. The summed E-state index contributed by atoms with van der Waals surface area (Å²) >= 11 is 1.53. The number of halogens is 1. The molecule has 0 aliphatic carbocycles. The minimum atomic E-state index is -0.352. The van der Waals surface area contributed by atoms with Gasteiger partial charge in [-0.05, 0) is 24.3 Å². The van der Waals surface area contributed by atoms with Crippen molar-refractivity contribution in [1.82, 2.24) is 4.98 Å². The van der Waals surface area contributed by atoms with Crippen LogP contribution in [-0.4, -0.2) is 12.1 Å². The van der Waals surface area contributed by atoms with E-state index in [1.54, 1.807) is 11.6 Å².